The van der Waals surface area contributed by atoms with Gasteiger partial charge in [0.05, 0.1) is 5.69 Å². The first-order valence-corrected chi connectivity index (χ1v) is 10.6. The highest BCUT2D eigenvalue weighted by Gasteiger charge is 2.11. The number of para-hydroxylation sites is 1. The van der Waals surface area contributed by atoms with E-state index in [1.54, 1.807) is 10.7 Å². The minimum absolute atomic E-state index is 0.373. The third-order valence-electron chi connectivity index (χ3n) is 3.99. The van der Waals surface area contributed by atoms with Gasteiger partial charge in [-0.25, -0.2) is 9.48 Å². The van der Waals surface area contributed by atoms with Crippen LogP contribution in [0, 0.1) is 10.9 Å². The van der Waals surface area contributed by atoms with Gasteiger partial charge in [-0.15, -0.1) is 5.10 Å². The molecular weight excluding hydrogens is 420 g/mol. The second kappa shape index (κ2) is 7.59. The highest BCUT2D eigenvalue weighted by molar-refractivity contribution is 8.00. The van der Waals surface area contributed by atoms with Crippen molar-refractivity contribution < 1.29 is 4.42 Å². The van der Waals surface area contributed by atoms with Crippen LogP contribution >= 0.6 is 46.9 Å². The van der Waals surface area contributed by atoms with E-state index in [0.717, 1.165) is 26.5 Å². The summed E-state index contributed by atoms with van der Waals surface area (Å²) in [6.07, 6.45) is 0. The fraction of sp³-hybridized carbons (Fsp3) is 0.105. The topological polar surface area (TPSA) is 48.0 Å². The molecule has 0 bridgehead atoms. The van der Waals surface area contributed by atoms with Crippen molar-refractivity contribution in [3.05, 3.63) is 79.1 Å². The average molecular weight is 433 g/mol. The molecule has 0 aliphatic rings. The summed E-state index contributed by atoms with van der Waals surface area (Å²) in [5, 5.41) is 6.08. The second-order valence-electron chi connectivity index (χ2n) is 5.86. The zero-order valence-electron chi connectivity index (χ0n) is 14.1. The Morgan fingerprint density at radius 2 is 2.04 bits per heavy atom. The molecule has 0 amide bonds. The summed E-state index contributed by atoms with van der Waals surface area (Å²) >= 11 is 14.7. The van der Waals surface area contributed by atoms with Gasteiger partial charge >= 0.3 is 5.63 Å². The molecule has 0 fully saturated rings. The summed E-state index contributed by atoms with van der Waals surface area (Å²) in [6, 6.07) is 14.9. The molecule has 4 nitrogen and oxygen atoms in total. The number of hydrogen-bond acceptors (Lipinski definition) is 6. The lowest BCUT2D eigenvalue weighted by atomic mass is 10.1. The monoisotopic (exact) mass is 432 g/mol. The lowest BCUT2D eigenvalue weighted by molar-refractivity contribution is 0.559. The summed E-state index contributed by atoms with van der Waals surface area (Å²) in [6.45, 7) is 1.88. The number of benzene rings is 2. The number of halogens is 1. The maximum atomic E-state index is 11.9. The number of hydrogen-bond donors (Lipinski definition) is 0. The van der Waals surface area contributed by atoms with Gasteiger partial charge in [0, 0.05) is 22.2 Å². The van der Waals surface area contributed by atoms with E-state index in [0.29, 0.717) is 20.3 Å². The van der Waals surface area contributed by atoms with Gasteiger partial charge in [-0.2, -0.15) is 0 Å². The Morgan fingerprint density at radius 1 is 1.26 bits per heavy atom. The van der Waals surface area contributed by atoms with Crippen LogP contribution in [0.4, 0.5) is 0 Å². The number of fused-ring (bicyclic) bond motifs is 1. The molecule has 136 valence electrons. The lowest BCUT2D eigenvalue weighted by Crippen LogP contribution is -2.00. The van der Waals surface area contributed by atoms with E-state index in [-0.39, 0.29) is 5.63 Å². The molecule has 0 aliphatic carbocycles. The van der Waals surface area contributed by atoms with Crippen LogP contribution in [0.2, 0.25) is 5.02 Å². The molecule has 2 aromatic heterocycles. The van der Waals surface area contributed by atoms with Crippen LogP contribution in [-0.2, 0) is 5.75 Å². The Balaban J connectivity index is 1.66. The van der Waals surface area contributed by atoms with Crippen LogP contribution in [0.25, 0.3) is 16.7 Å². The summed E-state index contributed by atoms with van der Waals surface area (Å²) in [7, 11) is 0. The van der Waals surface area contributed by atoms with Crippen molar-refractivity contribution in [2.45, 2.75) is 17.0 Å². The minimum atomic E-state index is -0.373. The summed E-state index contributed by atoms with van der Waals surface area (Å²) in [5.74, 6) is 0.568. The minimum Gasteiger partial charge on any atom is -0.423 e. The first-order valence-electron chi connectivity index (χ1n) is 8.02. The average Bonchev–Trinajstić information content (AvgIpc) is 3.02. The zero-order chi connectivity index (χ0) is 19.0. The highest BCUT2D eigenvalue weighted by Crippen LogP contribution is 2.31. The predicted molar refractivity (Wildman–Crippen MR) is 114 cm³/mol. The molecule has 0 radical (unpaired) electrons. The van der Waals surface area contributed by atoms with Crippen molar-refractivity contribution in [1.82, 2.24) is 9.78 Å². The molecule has 8 heteroatoms. The molecule has 0 N–H and O–H groups in total. The standard InChI is InChI=1S/C19H13ClN2O2S3/c1-11-7-16-14(9-15(11)20)12(8-17(23)24-16)10-26-18-21-22(19(25)27-18)13-5-3-2-4-6-13/h2-9H,10H2,1H3. The van der Waals surface area contributed by atoms with Gasteiger partial charge in [0.25, 0.3) is 0 Å². The highest BCUT2D eigenvalue weighted by atomic mass is 35.5. The van der Waals surface area contributed by atoms with E-state index >= 15 is 0 Å². The van der Waals surface area contributed by atoms with Gasteiger partial charge in [-0.1, -0.05) is 52.9 Å². The predicted octanol–water partition coefficient (Wildman–Crippen LogP) is 6.02. The molecule has 4 rings (SSSR count). The van der Waals surface area contributed by atoms with Gasteiger partial charge in [0.15, 0.2) is 8.29 Å². The number of aryl methyl sites for hydroxylation is 1. The largest absolute Gasteiger partial charge is 0.423 e. The van der Waals surface area contributed by atoms with E-state index in [2.05, 4.69) is 5.10 Å². The molecule has 0 saturated carbocycles. The van der Waals surface area contributed by atoms with Crippen LogP contribution in [0.1, 0.15) is 11.1 Å². The molecule has 0 unspecified atom stereocenters. The van der Waals surface area contributed by atoms with Crippen LogP contribution in [0.5, 0.6) is 0 Å². The summed E-state index contributed by atoms with van der Waals surface area (Å²) in [4.78, 5) is 11.9. The van der Waals surface area contributed by atoms with Crippen LogP contribution in [0.3, 0.4) is 0 Å². The Hall–Kier alpha value is -1.93. The third kappa shape index (κ3) is 3.87. The van der Waals surface area contributed by atoms with Gasteiger partial charge in [-0.05, 0) is 54.5 Å². The molecule has 4 aromatic rings. The molecule has 0 saturated heterocycles. The molecule has 0 atom stereocenters. The maximum absolute atomic E-state index is 11.9. The van der Waals surface area contributed by atoms with E-state index < -0.39 is 0 Å². The van der Waals surface area contributed by atoms with Gasteiger partial charge in [0.2, 0.25) is 0 Å². The van der Waals surface area contributed by atoms with Crippen molar-refractivity contribution in [3.8, 4) is 5.69 Å². The molecule has 2 heterocycles. The maximum Gasteiger partial charge on any atom is 0.336 e. The van der Waals surface area contributed by atoms with E-state index in [1.165, 1.54) is 29.2 Å². The third-order valence-corrected chi connectivity index (χ3v) is 6.81. The number of nitrogens with zero attached hydrogens (tertiary/aromatic N) is 2. The van der Waals surface area contributed by atoms with E-state index in [9.17, 15) is 4.79 Å². The Bertz CT molecular complexity index is 1250. The van der Waals surface area contributed by atoms with Crippen LogP contribution in [0.15, 0.2) is 62.1 Å². The fourth-order valence-corrected chi connectivity index (χ4v) is 5.17. The van der Waals surface area contributed by atoms with Gasteiger partial charge in [-0.3, -0.25) is 0 Å². The quantitative estimate of drug-likeness (QED) is 0.224. The number of aromatic nitrogens is 2. The second-order valence-corrected chi connectivity index (χ2v) is 9.11. The summed E-state index contributed by atoms with van der Waals surface area (Å²) < 4.78 is 8.58. The van der Waals surface area contributed by atoms with Crippen LogP contribution < -0.4 is 5.63 Å². The van der Waals surface area contributed by atoms with Crippen molar-refractivity contribution in [2.24, 2.45) is 0 Å². The van der Waals surface area contributed by atoms with Crippen molar-refractivity contribution in [1.29, 1.82) is 0 Å². The Morgan fingerprint density at radius 3 is 2.81 bits per heavy atom. The molecule has 2 aromatic carbocycles. The fourth-order valence-electron chi connectivity index (χ4n) is 2.66. The lowest BCUT2D eigenvalue weighted by Gasteiger charge is -2.06. The van der Waals surface area contributed by atoms with Crippen molar-refractivity contribution in [2.75, 3.05) is 0 Å². The van der Waals surface area contributed by atoms with E-state index in [1.807, 2.05) is 43.3 Å². The molecule has 0 spiro atoms. The molecular formula is C19H13ClN2O2S3. The smallest absolute Gasteiger partial charge is 0.336 e. The van der Waals surface area contributed by atoms with Crippen molar-refractivity contribution >= 4 is 57.9 Å². The molecule has 0 aliphatic heterocycles. The normalized spacial score (nSPS) is 11.2. The number of rotatable bonds is 4. The first kappa shape index (κ1) is 18.4. The Labute approximate surface area is 173 Å². The molecule has 27 heavy (non-hydrogen) atoms. The first-order chi connectivity index (χ1) is 13.0. The van der Waals surface area contributed by atoms with Gasteiger partial charge in [0.1, 0.15) is 5.58 Å². The SMILES string of the molecule is Cc1cc2oc(=O)cc(CSc3nn(-c4ccccc4)c(=S)s3)c2cc1Cl. The van der Waals surface area contributed by atoms with Crippen LogP contribution in [-0.4, -0.2) is 9.78 Å². The van der Waals surface area contributed by atoms with Crippen molar-refractivity contribution in [3.63, 3.8) is 0 Å². The van der Waals surface area contributed by atoms with E-state index in [4.69, 9.17) is 28.2 Å². The zero-order valence-corrected chi connectivity index (χ0v) is 17.3. The number of thioether (sulfide) groups is 1. The summed E-state index contributed by atoms with van der Waals surface area (Å²) in [5.41, 5.74) is 2.83. The van der Waals surface area contributed by atoms with Gasteiger partial charge < -0.3 is 4.42 Å². The Kier molecular flexibility index (Phi) is 5.19.